The van der Waals surface area contributed by atoms with Crippen LogP contribution in [0, 0.1) is 12.3 Å². The summed E-state index contributed by atoms with van der Waals surface area (Å²) in [6.45, 7) is 5.59. The smallest absolute Gasteiger partial charge is 0.238 e. The monoisotopic (exact) mass is 350 g/mol. The molecule has 2 aromatic rings. The largest absolute Gasteiger partial charge is 0.351 e. The second kappa shape index (κ2) is 7.73. The molecule has 0 aliphatic heterocycles. The summed E-state index contributed by atoms with van der Waals surface area (Å²) in [5.74, 6) is -0.195. The third-order valence-electron chi connectivity index (χ3n) is 5.05. The zero-order chi connectivity index (χ0) is 18.6. The van der Waals surface area contributed by atoms with Crippen LogP contribution in [0.1, 0.15) is 36.5 Å². The first kappa shape index (κ1) is 18.2. The number of amides is 2. The van der Waals surface area contributed by atoms with Crippen LogP contribution >= 0.6 is 0 Å². The second-order valence-electron chi connectivity index (χ2n) is 7.06. The van der Waals surface area contributed by atoms with Crippen LogP contribution in [0.2, 0.25) is 0 Å². The van der Waals surface area contributed by atoms with Gasteiger partial charge in [0.1, 0.15) is 5.41 Å². The highest BCUT2D eigenvalue weighted by molar-refractivity contribution is 6.07. The summed E-state index contributed by atoms with van der Waals surface area (Å²) in [7, 11) is 0. The van der Waals surface area contributed by atoms with Crippen molar-refractivity contribution in [2.45, 2.75) is 39.8 Å². The Hall–Kier alpha value is -2.62. The molecular formula is C22H26N2O2. The maximum atomic E-state index is 13.0. The van der Waals surface area contributed by atoms with Gasteiger partial charge in [-0.1, -0.05) is 60.2 Å². The predicted octanol–water partition coefficient (Wildman–Crippen LogP) is 3.44. The Morgan fingerprint density at radius 1 is 1.00 bits per heavy atom. The molecule has 2 amide bonds. The van der Waals surface area contributed by atoms with Crippen LogP contribution in [0.5, 0.6) is 0 Å². The summed E-state index contributed by atoms with van der Waals surface area (Å²) in [4.78, 5) is 27.5. The Morgan fingerprint density at radius 3 is 2.23 bits per heavy atom. The molecule has 2 aromatic carbocycles. The lowest BCUT2D eigenvalue weighted by molar-refractivity contribution is -0.144. The summed E-state index contributed by atoms with van der Waals surface area (Å²) in [5.41, 5.74) is 2.45. The molecule has 0 bridgehead atoms. The Balaban J connectivity index is 1.63. The van der Waals surface area contributed by atoms with Gasteiger partial charge in [-0.3, -0.25) is 9.59 Å². The minimum absolute atomic E-state index is 0.0507. The minimum atomic E-state index is -0.866. The van der Waals surface area contributed by atoms with Crippen molar-refractivity contribution < 1.29 is 9.59 Å². The number of nitrogens with one attached hydrogen (secondary N) is 1. The van der Waals surface area contributed by atoms with E-state index in [1.807, 2.05) is 68.4 Å². The highest BCUT2D eigenvalue weighted by atomic mass is 16.2. The van der Waals surface area contributed by atoms with Gasteiger partial charge in [0.15, 0.2) is 0 Å². The van der Waals surface area contributed by atoms with E-state index in [1.54, 1.807) is 4.90 Å². The topological polar surface area (TPSA) is 49.4 Å². The van der Waals surface area contributed by atoms with Gasteiger partial charge in [-0.2, -0.15) is 0 Å². The molecule has 0 heterocycles. The average Bonchev–Trinajstić information content (AvgIpc) is 3.48. The summed E-state index contributed by atoms with van der Waals surface area (Å²) in [6, 6.07) is 18.0. The molecule has 1 N–H and O–H groups in total. The number of carbonyl (C=O) groups excluding carboxylic acids is 2. The molecule has 1 aliphatic carbocycles. The Morgan fingerprint density at radius 2 is 1.65 bits per heavy atom. The third kappa shape index (κ3) is 3.96. The Labute approximate surface area is 155 Å². The van der Waals surface area contributed by atoms with Crippen LogP contribution in [-0.4, -0.2) is 23.3 Å². The summed E-state index contributed by atoms with van der Waals surface area (Å²) in [6.07, 6.45) is 1.27. The van der Waals surface area contributed by atoms with Crippen LogP contribution < -0.4 is 5.32 Å². The lowest BCUT2D eigenvalue weighted by Gasteiger charge is -2.26. The average molecular weight is 350 g/mol. The summed E-state index contributed by atoms with van der Waals surface area (Å²) in [5, 5.41) is 2.96. The summed E-state index contributed by atoms with van der Waals surface area (Å²) < 4.78 is 0. The number of hydrogen-bond donors (Lipinski definition) is 1. The fraction of sp³-hybridized carbons (Fsp3) is 0.364. The molecule has 1 aliphatic rings. The van der Waals surface area contributed by atoms with Crippen molar-refractivity contribution in [3.63, 3.8) is 0 Å². The molecule has 0 radical (unpaired) electrons. The molecule has 26 heavy (non-hydrogen) atoms. The van der Waals surface area contributed by atoms with E-state index >= 15 is 0 Å². The highest BCUT2D eigenvalue weighted by Gasteiger charge is 2.57. The lowest BCUT2D eigenvalue weighted by Crippen LogP contribution is -2.44. The second-order valence-corrected chi connectivity index (χ2v) is 7.06. The molecule has 4 nitrogen and oxygen atoms in total. The van der Waals surface area contributed by atoms with Gasteiger partial charge in [0.2, 0.25) is 11.8 Å². The number of rotatable bonds is 7. The van der Waals surface area contributed by atoms with E-state index in [4.69, 9.17) is 0 Å². The number of nitrogens with zero attached hydrogens (tertiary/aromatic N) is 1. The van der Waals surface area contributed by atoms with Gasteiger partial charge in [-0.25, -0.2) is 0 Å². The standard InChI is InChI=1S/C22H26N2O2/c1-3-24(16-19-7-5-4-6-8-19)21(26)22(13-14-22)20(25)23-15-18-11-9-17(2)10-12-18/h4-12H,3,13-16H2,1-2H3,(H,23,25). The molecule has 3 rings (SSSR count). The SMILES string of the molecule is CCN(Cc1ccccc1)C(=O)C1(C(=O)NCc2ccc(C)cc2)CC1. The van der Waals surface area contributed by atoms with Crippen molar-refractivity contribution in [3.8, 4) is 0 Å². The van der Waals surface area contributed by atoms with Gasteiger partial charge in [0.05, 0.1) is 0 Å². The van der Waals surface area contributed by atoms with Crippen molar-refractivity contribution in [3.05, 3.63) is 71.3 Å². The quantitative estimate of drug-likeness (QED) is 0.778. The molecule has 136 valence electrons. The normalized spacial score (nSPS) is 14.5. The number of benzene rings is 2. The van der Waals surface area contributed by atoms with E-state index < -0.39 is 5.41 Å². The fourth-order valence-corrected chi connectivity index (χ4v) is 3.15. The molecule has 4 heteroatoms. The van der Waals surface area contributed by atoms with Gasteiger partial charge in [-0.15, -0.1) is 0 Å². The maximum absolute atomic E-state index is 13.0. The number of hydrogen-bond acceptors (Lipinski definition) is 2. The van der Waals surface area contributed by atoms with E-state index in [1.165, 1.54) is 5.56 Å². The van der Waals surface area contributed by atoms with Crippen molar-refractivity contribution in [2.24, 2.45) is 5.41 Å². The van der Waals surface area contributed by atoms with Crippen molar-refractivity contribution >= 4 is 11.8 Å². The molecule has 1 fully saturated rings. The van der Waals surface area contributed by atoms with E-state index in [9.17, 15) is 9.59 Å². The van der Waals surface area contributed by atoms with Crippen LogP contribution in [0.3, 0.4) is 0 Å². The van der Waals surface area contributed by atoms with Crippen LogP contribution in [0.25, 0.3) is 0 Å². The fourth-order valence-electron chi connectivity index (χ4n) is 3.15. The van der Waals surface area contributed by atoms with Crippen molar-refractivity contribution in [1.82, 2.24) is 10.2 Å². The first-order chi connectivity index (χ1) is 12.5. The predicted molar refractivity (Wildman–Crippen MR) is 102 cm³/mol. The van der Waals surface area contributed by atoms with Crippen LogP contribution in [0.4, 0.5) is 0 Å². The first-order valence-electron chi connectivity index (χ1n) is 9.22. The summed E-state index contributed by atoms with van der Waals surface area (Å²) >= 11 is 0. The first-order valence-corrected chi connectivity index (χ1v) is 9.22. The third-order valence-corrected chi connectivity index (χ3v) is 5.05. The van der Waals surface area contributed by atoms with E-state index in [-0.39, 0.29) is 11.8 Å². The molecule has 1 saturated carbocycles. The van der Waals surface area contributed by atoms with E-state index in [0.717, 1.165) is 11.1 Å². The van der Waals surface area contributed by atoms with E-state index in [2.05, 4.69) is 5.32 Å². The number of carbonyl (C=O) groups is 2. The van der Waals surface area contributed by atoms with Gasteiger partial charge >= 0.3 is 0 Å². The van der Waals surface area contributed by atoms with Gasteiger partial charge in [-0.05, 0) is 37.8 Å². The van der Waals surface area contributed by atoms with Crippen molar-refractivity contribution in [1.29, 1.82) is 0 Å². The maximum Gasteiger partial charge on any atom is 0.238 e. The number of aryl methyl sites for hydroxylation is 1. The van der Waals surface area contributed by atoms with E-state index in [0.29, 0.717) is 32.5 Å². The molecule has 0 spiro atoms. The minimum Gasteiger partial charge on any atom is -0.351 e. The molecule has 0 unspecified atom stereocenters. The van der Waals surface area contributed by atoms with Crippen molar-refractivity contribution in [2.75, 3.05) is 6.54 Å². The molecule has 0 aromatic heterocycles. The molecule has 0 saturated heterocycles. The van der Waals surface area contributed by atoms with Gasteiger partial charge in [0.25, 0.3) is 0 Å². The Kier molecular flexibility index (Phi) is 5.40. The van der Waals surface area contributed by atoms with Gasteiger partial charge < -0.3 is 10.2 Å². The Bertz CT molecular complexity index is 764. The lowest BCUT2D eigenvalue weighted by atomic mass is 10.0. The zero-order valence-corrected chi connectivity index (χ0v) is 15.5. The molecule has 0 atom stereocenters. The zero-order valence-electron chi connectivity index (χ0n) is 15.5. The highest BCUT2D eigenvalue weighted by Crippen LogP contribution is 2.47. The van der Waals surface area contributed by atoms with Crippen LogP contribution in [-0.2, 0) is 22.7 Å². The van der Waals surface area contributed by atoms with Crippen LogP contribution in [0.15, 0.2) is 54.6 Å². The van der Waals surface area contributed by atoms with Gasteiger partial charge in [0, 0.05) is 19.6 Å². The molecular weight excluding hydrogens is 324 g/mol.